The van der Waals surface area contributed by atoms with Gasteiger partial charge in [0.1, 0.15) is 12.4 Å². The van der Waals surface area contributed by atoms with E-state index in [1.807, 2.05) is 31.2 Å². The van der Waals surface area contributed by atoms with Gasteiger partial charge in [0.2, 0.25) is 5.91 Å². The number of pyridine rings is 1. The van der Waals surface area contributed by atoms with E-state index in [2.05, 4.69) is 24.1 Å². The molecule has 0 saturated heterocycles. The van der Waals surface area contributed by atoms with Crippen LogP contribution in [0.5, 0.6) is 5.75 Å². The average Bonchev–Trinajstić information content (AvgIpc) is 2.72. The number of rotatable bonds is 9. The number of nitrogen functional groups attached to an aromatic ring is 1. The maximum Gasteiger partial charge on any atom is 0.246 e. The zero-order chi connectivity index (χ0) is 21.5. The molecule has 1 amide bonds. The summed E-state index contributed by atoms with van der Waals surface area (Å²) in [7, 11) is 0. The monoisotopic (exact) mass is 413 g/mol. The number of nitrogens with two attached hydrogens (primary N) is 1. The maximum atomic E-state index is 12.2. The largest absolute Gasteiger partial charge is 0.490 e. The first kappa shape index (κ1) is 22.3. The number of nitrogens with one attached hydrogen (secondary N) is 1. The number of nitrogens with zero attached hydrogens (tertiary/aromatic N) is 1. The third-order valence-corrected chi connectivity index (χ3v) is 6.03. The van der Waals surface area contributed by atoms with Crippen LogP contribution < -0.4 is 15.8 Å². The molecule has 0 radical (unpaired) electrons. The summed E-state index contributed by atoms with van der Waals surface area (Å²) in [5.41, 5.74) is 8.69. The molecule has 0 aliphatic heterocycles. The molecule has 1 aromatic carbocycles. The highest BCUT2D eigenvalue weighted by Gasteiger charge is 2.24. The van der Waals surface area contributed by atoms with Gasteiger partial charge in [0.05, 0.1) is 23.6 Å². The van der Waals surface area contributed by atoms with Crippen molar-refractivity contribution in [1.82, 2.24) is 10.3 Å². The number of carbonyl (C=O) groups excluding carboxylic acids is 1. The fourth-order valence-electron chi connectivity index (χ4n) is 4.14. The van der Waals surface area contributed by atoms with Crippen molar-refractivity contribution in [3.05, 3.63) is 30.0 Å². The lowest BCUT2D eigenvalue weighted by Crippen LogP contribution is -2.41. The van der Waals surface area contributed by atoms with Crippen LogP contribution in [-0.4, -0.2) is 36.3 Å². The van der Waals surface area contributed by atoms with Gasteiger partial charge in [-0.25, -0.2) is 0 Å². The first-order chi connectivity index (χ1) is 14.5. The molecular weight excluding hydrogens is 378 g/mol. The summed E-state index contributed by atoms with van der Waals surface area (Å²) in [6.45, 7) is 7.05. The summed E-state index contributed by atoms with van der Waals surface area (Å²) in [4.78, 5) is 16.7. The normalized spacial score (nSPS) is 19.2. The van der Waals surface area contributed by atoms with Crippen molar-refractivity contribution in [2.24, 2.45) is 5.92 Å². The predicted octanol–water partition coefficient (Wildman–Crippen LogP) is 4.38. The number of amides is 1. The Hall–Kier alpha value is -2.34. The molecule has 1 aromatic heterocycles. The lowest BCUT2D eigenvalue weighted by molar-refractivity contribution is -0.127. The Morgan fingerprint density at radius 1 is 1.23 bits per heavy atom. The third kappa shape index (κ3) is 5.85. The molecule has 0 spiro atoms. The number of anilines is 1. The second kappa shape index (κ2) is 10.6. The summed E-state index contributed by atoms with van der Waals surface area (Å²) in [6, 6.07) is 7.95. The van der Waals surface area contributed by atoms with Crippen LogP contribution in [0.4, 0.5) is 5.69 Å². The van der Waals surface area contributed by atoms with E-state index >= 15 is 0 Å². The van der Waals surface area contributed by atoms with Gasteiger partial charge in [0.15, 0.2) is 0 Å². The van der Waals surface area contributed by atoms with E-state index in [1.165, 1.54) is 0 Å². The summed E-state index contributed by atoms with van der Waals surface area (Å²) >= 11 is 0. The van der Waals surface area contributed by atoms with Crippen molar-refractivity contribution in [2.45, 2.75) is 71.4 Å². The molecule has 3 rings (SSSR count). The van der Waals surface area contributed by atoms with Crippen LogP contribution in [0.3, 0.4) is 0 Å². The molecule has 2 aromatic rings. The van der Waals surface area contributed by atoms with E-state index in [1.54, 1.807) is 0 Å². The number of ether oxygens (including phenoxy) is 2. The molecule has 164 valence electrons. The molecule has 1 heterocycles. The summed E-state index contributed by atoms with van der Waals surface area (Å²) in [6.07, 6.45) is 5.89. The van der Waals surface area contributed by atoms with Gasteiger partial charge in [0.25, 0.3) is 0 Å². The number of aromatic nitrogens is 1. The zero-order valence-electron chi connectivity index (χ0n) is 18.4. The van der Waals surface area contributed by atoms with Crippen LogP contribution in [-0.2, 0) is 9.53 Å². The number of hydrogen-bond acceptors (Lipinski definition) is 5. The van der Waals surface area contributed by atoms with Gasteiger partial charge in [-0.2, -0.15) is 0 Å². The van der Waals surface area contributed by atoms with Gasteiger partial charge < -0.3 is 20.5 Å². The molecule has 6 nitrogen and oxygen atoms in total. The van der Waals surface area contributed by atoms with Crippen molar-refractivity contribution in [3.8, 4) is 5.75 Å². The van der Waals surface area contributed by atoms with E-state index < -0.39 is 0 Å². The van der Waals surface area contributed by atoms with Crippen molar-refractivity contribution < 1.29 is 14.3 Å². The quantitative estimate of drug-likeness (QED) is 0.637. The molecule has 0 bridgehead atoms. The van der Waals surface area contributed by atoms with Gasteiger partial charge in [-0.3, -0.25) is 9.78 Å². The molecule has 1 saturated carbocycles. The summed E-state index contributed by atoms with van der Waals surface area (Å²) < 4.78 is 11.9. The van der Waals surface area contributed by atoms with Gasteiger partial charge in [-0.15, -0.1) is 0 Å². The van der Waals surface area contributed by atoms with E-state index in [0.29, 0.717) is 18.2 Å². The Bertz CT molecular complexity index is 843. The van der Waals surface area contributed by atoms with Gasteiger partial charge in [-0.05, 0) is 56.7 Å². The third-order valence-electron chi connectivity index (χ3n) is 6.03. The first-order valence-corrected chi connectivity index (χ1v) is 11.2. The van der Waals surface area contributed by atoms with Crippen LogP contribution in [0.1, 0.15) is 58.1 Å². The smallest absolute Gasteiger partial charge is 0.246 e. The van der Waals surface area contributed by atoms with Crippen molar-refractivity contribution >= 4 is 22.5 Å². The number of fused-ring (bicyclic) bond motifs is 1. The van der Waals surface area contributed by atoms with Gasteiger partial charge in [-0.1, -0.05) is 32.8 Å². The second-order valence-electron chi connectivity index (χ2n) is 8.36. The Kier molecular flexibility index (Phi) is 7.91. The topological polar surface area (TPSA) is 86.5 Å². The molecule has 0 atom stereocenters. The number of hydrogen-bond donors (Lipinski definition) is 2. The zero-order valence-corrected chi connectivity index (χ0v) is 18.4. The van der Waals surface area contributed by atoms with E-state index in [-0.39, 0.29) is 24.7 Å². The van der Waals surface area contributed by atoms with E-state index in [4.69, 9.17) is 15.2 Å². The Balaban J connectivity index is 1.47. The van der Waals surface area contributed by atoms with Crippen LogP contribution in [0.15, 0.2) is 24.3 Å². The molecule has 0 unspecified atom stereocenters. The average molecular weight is 414 g/mol. The fourth-order valence-corrected chi connectivity index (χ4v) is 4.14. The van der Waals surface area contributed by atoms with Crippen molar-refractivity contribution in [2.75, 3.05) is 18.9 Å². The molecule has 1 fully saturated rings. The molecule has 1 aliphatic rings. The lowest BCUT2D eigenvalue weighted by atomic mass is 9.93. The number of carbonyl (C=O) groups is 1. The van der Waals surface area contributed by atoms with Crippen molar-refractivity contribution in [3.63, 3.8) is 0 Å². The van der Waals surface area contributed by atoms with Crippen molar-refractivity contribution in [1.29, 1.82) is 0 Å². The number of benzene rings is 1. The van der Waals surface area contributed by atoms with Crippen LogP contribution in [0.2, 0.25) is 0 Å². The van der Waals surface area contributed by atoms with Crippen LogP contribution in [0, 0.1) is 12.8 Å². The Morgan fingerprint density at radius 3 is 2.67 bits per heavy atom. The van der Waals surface area contributed by atoms with Gasteiger partial charge in [0, 0.05) is 17.4 Å². The highest BCUT2D eigenvalue weighted by atomic mass is 16.5. The highest BCUT2D eigenvalue weighted by Crippen LogP contribution is 2.33. The van der Waals surface area contributed by atoms with Crippen LogP contribution in [0.25, 0.3) is 10.9 Å². The Morgan fingerprint density at radius 2 is 1.97 bits per heavy atom. The fraction of sp³-hybridized carbons (Fsp3) is 0.583. The molecular formula is C24H35N3O3. The lowest BCUT2D eigenvalue weighted by Gasteiger charge is -2.30. The molecule has 6 heteroatoms. The Labute approximate surface area is 179 Å². The molecule has 3 N–H and O–H groups in total. The summed E-state index contributed by atoms with van der Waals surface area (Å²) in [5.74, 6) is 1.31. The first-order valence-electron chi connectivity index (χ1n) is 11.2. The van der Waals surface area contributed by atoms with Gasteiger partial charge >= 0.3 is 0 Å². The maximum absolute atomic E-state index is 12.2. The summed E-state index contributed by atoms with van der Waals surface area (Å²) in [5, 5.41) is 3.99. The minimum Gasteiger partial charge on any atom is -0.490 e. The standard InChI is InChI=1S/C24H35N3O3/c1-4-17(5-2)14-29-15-23(28)27-18-9-11-19(12-10-18)30-22-8-6-7-21-24(22)20(25)13-16(3)26-21/h6-8,13,17-19H,4-5,9-12,14-15H2,1-3H3,(H2,25,26)(H,27,28)/t18-,19-. The SMILES string of the molecule is CCC(CC)COCC(=O)N[C@H]1CC[C@H](Oc2cccc3nc(C)cc(N)c23)CC1. The predicted molar refractivity (Wildman–Crippen MR) is 121 cm³/mol. The highest BCUT2D eigenvalue weighted by molar-refractivity contribution is 5.95. The van der Waals surface area contributed by atoms with E-state index in [0.717, 1.165) is 60.9 Å². The molecule has 30 heavy (non-hydrogen) atoms. The second-order valence-corrected chi connectivity index (χ2v) is 8.36. The van der Waals surface area contributed by atoms with E-state index in [9.17, 15) is 4.79 Å². The van der Waals surface area contributed by atoms with Crippen LogP contribution >= 0.6 is 0 Å². The minimum absolute atomic E-state index is 0.0198. The molecule has 1 aliphatic carbocycles. The minimum atomic E-state index is -0.0198. The number of aryl methyl sites for hydroxylation is 1.